The molecule has 0 radical (unpaired) electrons. The SMILES string of the molecule is CC(C)N(CCNS(=O)(=O)c1cnc(N)nc1)C(C)C. The molecule has 0 spiro atoms. The van der Waals surface area contributed by atoms with E-state index >= 15 is 0 Å². The quantitative estimate of drug-likeness (QED) is 0.758. The van der Waals surface area contributed by atoms with Crippen molar-refractivity contribution in [1.82, 2.24) is 19.6 Å². The van der Waals surface area contributed by atoms with Gasteiger partial charge in [0.1, 0.15) is 4.90 Å². The fraction of sp³-hybridized carbons (Fsp3) is 0.667. The van der Waals surface area contributed by atoms with Gasteiger partial charge in [0.2, 0.25) is 16.0 Å². The lowest BCUT2D eigenvalue weighted by Gasteiger charge is -2.30. The summed E-state index contributed by atoms with van der Waals surface area (Å²) in [5.41, 5.74) is 5.33. The second-order valence-corrected chi connectivity index (χ2v) is 6.87. The maximum Gasteiger partial charge on any atom is 0.243 e. The standard InChI is InChI=1S/C12H23N5O2S/c1-9(2)17(10(3)4)6-5-16-20(18,19)11-7-14-12(13)15-8-11/h7-10,16H,5-6H2,1-4H3,(H2,13,14,15). The van der Waals surface area contributed by atoms with Crippen molar-refractivity contribution in [1.29, 1.82) is 0 Å². The van der Waals surface area contributed by atoms with E-state index in [0.717, 1.165) is 0 Å². The summed E-state index contributed by atoms with van der Waals surface area (Å²) >= 11 is 0. The average Bonchev–Trinajstić information content (AvgIpc) is 2.34. The summed E-state index contributed by atoms with van der Waals surface area (Å²) < 4.78 is 26.6. The molecule has 20 heavy (non-hydrogen) atoms. The number of nitrogens with two attached hydrogens (primary N) is 1. The number of sulfonamides is 1. The van der Waals surface area contributed by atoms with Crippen LogP contribution in [0.5, 0.6) is 0 Å². The van der Waals surface area contributed by atoms with E-state index in [1.807, 2.05) is 0 Å². The summed E-state index contributed by atoms with van der Waals surface area (Å²) in [7, 11) is -3.58. The Hall–Kier alpha value is -1.25. The van der Waals surface area contributed by atoms with Crippen molar-refractivity contribution >= 4 is 16.0 Å². The molecule has 114 valence electrons. The molecule has 0 amide bonds. The zero-order valence-corrected chi connectivity index (χ0v) is 13.2. The van der Waals surface area contributed by atoms with Crippen LogP contribution in [0.4, 0.5) is 5.95 Å². The highest BCUT2D eigenvalue weighted by molar-refractivity contribution is 7.89. The van der Waals surface area contributed by atoms with Gasteiger partial charge in [-0.3, -0.25) is 4.90 Å². The first-order valence-corrected chi connectivity index (χ1v) is 8.05. The van der Waals surface area contributed by atoms with Gasteiger partial charge in [0.25, 0.3) is 0 Å². The van der Waals surface area contributed by atoms with Crippen LogP contribution in [0.1, 0.15) is 27.7 Å². The molecule has 0 aliphatic rings. The zero-order chi connectivity index (χ0) is 15.3. The summed E-state index contributed by atoms with van der Waals surface area (Å²) in [5.74, 6) is 0.0507. The number of anilines is 1. The summed E-state index contributed by atoms with van der Waals surface area (Å²) in [4.78, 5) is 9.60. The topological polar surface area (TPSA) is 101 Å². The Morgan fingerprint density at radius 2 is 1.70 bits per heavy atom. The van der Waals surface area contributed by atoms with Crippen LogP contribution in [0.15, 0.2) is 17.3 Å². The van der Waals surface area contributed by atoms with E-state index in [9.17, 15) is 8.42 Å². The highest BCUT2D eigenvalue weighted by Crippen LogP contribution is 2.07. The number of nitrogen functional groups attached to an aromatic ring is 1. The lowest BCUT2D eigenvalue weighted by molar-refractivity contribution is 0.179. The second-order valence-electron chi connectivity index (χ2n) is 5.10. The Bertz CT molecular complexity index is 505. The molecular weight excluding hydrogens is 278 g/mol. The van der Waals surface area contributed by atoms with Crippen molar-refractivity contribution in [2.75, 3.05) is 18.8 Å². The van der Waals surface area contributed by atoms with E-state index in [-0.39, 0.29) is 10.8 Å². The molecule has 0 aromatic carbocycles. The minimum Gasteiger partial charge on any atom is -0.368 e. The Morgan fingerprint density at radius 3 is 2.15 bits per heavy atom. The van der Waals surface area contributed by atoms with Crippen LogP contribution in [-0.4, -0.2) is 48.5 Å². The predicted molar refractivity (Wildman–Crippen MR) is 78.6 cm³/mol. The van der Waals surface area contributed by atoms with E-state index in [0.29, 0.717) is 25.2 Å². The largest absolute Gasteiger partial charge is 0.368 e. The van der Waals surface area contributed by atoms with Gasteiger partial charge in [-0.1, -0.05) is 0 Å². The van der Waals surface area contributed by atoms with Crippen molar-refractivity contribution in [2.45, 2.75) is 44.7 Å². The van der Waals surface area contributed by atoms with Crippen molar-refractivity contribution in [2.24, 2.45) is 0 Å². The maximum absolute atomic E-state index is 12.0. The van der Waals surface area contributed by atoms with Gasteiger partial charge in [-0.05, 0) is 27.7 Å². The molecule has 0 bridgehead atoms. The lowest BCUT2D eigenvalue weighted by atomic mass is 10.2. The van der Waals surface area contributed by atoms with Gasteiger partial charge < -0.3 is 5.73 Å². The van der Waals surface area contributed by atoms with E-state index in [1.165, 1.54) is 12.4 Å². The van der Waals surface area contributed by atoms with Crippen molar-refractivity contribution in [3.63, 3.8) is 0 Å². The third kappa shape index (κ3) is 4.69. The third-order valence-electron chi connectivity index (χ3n) is 2.95. The van der Waals surface area contributed by atoms with Crippen LogP contribution >= 0.6 is 0 Å². The lowest BCUT2D eigenvalue weighted by Crippen LogP contribution is -2.42. The monoisotopic (exact) mass is 301 g/mol. The van der Waals surface area contributed by atoms with Crippen LogP contribution in [0.3, 0.4) is 0 Å². The van der Waals surface area contributed by atoms with Gasteiger partial charge in [0.15, 0.2) is 0 Å². The number of aromatic nitrogens is 2. The minimum absolute atomic E-state index is 0.0207. The molecule has 0 unspecified atom stereocenters. The molecular formula is C12H23N5O2S. The molecule has 3 N–H and O–H groups in total. The predicted octanol–water partition coefficient (Wildman–Crippen LogP) is 0.456. The molecule has 0 aliphatic heterocycles. The molecule has 0 atom stereocenters. The summed E-state index contributed by atoms with van der Waals surface area (Å²) in [6, 6.07) is 0.721. The Morgan fingerprint density at radius 1 is 1.20 bits per heavy atom. The first-order valence-electron chi connectivity index (χ1n) is 6.57. The van der Waals surface area contributed by atoms with Crippen LogP contribution < -0.4 is 10.5 Å². The molecule has 0 fully saturated rings. The van der Waals surface area contributed by atoms with Gasteiger partial charge in [-0.25, -0.2) is 23.1 Å². The zero-order valence-electron chi connectivity index (χ0n) is 12.4. The molecule has 0 saturated heterocycles. The third-order valence-corrected chi connectivity index (χ3v) is 4.36. The first-order chi connectivity index (χ1) is 9.24. The fourth-order valence-corrected chi connectivity index (χ4v) is 2.88. The minimum atomic E-state index is -3.58. The number of nitrogens with zero attached hydrogens (tertiary/aromatic N) is 3. The first kappa shape index (κ1) is 16.8. The van der Waals surface area contributed by atoms with Gasteiger partial charge in [-0.15, -0.1) is 0 Å². The molecule has 7 nitrogen and oxygen atoms in total. The van der Waals surface area contributed by atoms with E-state index < -0.39 is 10.0 Å². The summed E-state index contributed by atoms with van der Waals surface area (Å²) in [5, 5.41) is 0. The number of hydrogen-bond donors (Lipinski definition) is 2. The van der Waals surface area contributed by atoms with Crippen LogP contribution in [-0.2, 0) is 10.0 Å². The van der Waals surface area contributed by atoms with Crippen LogP contribution in [0.25, 0.3) is 0 Å². The van der Waals surface area contributed by atoms with E-state index in [2.05, 4.69) is 47.3 Å². The van der Waals surface area contributed by atoms with Gasteiger partial charge in [0.05, 0.1) is 12.4 Å². The van der Waals surface area contributed by atoms with Gasteiger partial charge in [0, 0.05) is 25.2 Å². The molecule has 0 saturated carbocycles. The molecule has 0 aliphatic carbocycles. The van der Waals surface area contributed by atoms with Crippen molar-refractivity contribution in [3.8, 4) is 0 Å². The molecule has 1 aromatic rings. The van der Waals surface area contributed by atoms with Gasteiger partial charge in [-0.2, -0.15) is 0 Å². The van der Waals surface area contributed by atoms with Crippen molar-refractivity contribution in [3.05, 3.63) is 12.4 Å². The van der Waals surface area contributed by atoms with Gasteiger partial charge >= 0.3 is 0 Å². The van der Waals surface area contributed by atoms with E-state index in [4.69, 9.17) is 5.73 Å². The summed E-state index contributed by atoms with van der Waals surface area (Å²) in [6.45, 7) is 9.32. The second kappa shape index (κ2) is 6.96. The number of hydrogen-bond acceptors (Lipinski definition) is 6. The molecule has 1 rings (SSSR count). The highest BCUT2D eigenvalue weighted by Gasteiger charge is 2.17. The Balaban J connectivity index is 2.62. The highest BCUT2D eigenvalue weighted by atomic mass is 32.2. The number of rotatable bonds is 7. The van der Waals surface area contributed by atoms with Crippen LogP contribution in [0, 0.1) is 0 Å². The Kier molecular flexibility index (Phi) is 5.85. The summed E-state index contributed by atoms with van der Waals surface area (Å²) in [6.07, 6.45) is 2.40. The maximum atomic E-state index is 12.0. The average molecular weight is 301 g/mol. The molecule has 8 heteroatoms. The Labute approximate surface area is 120 Å². The van der Waals surface area contributed by atoms with E-state index in [1.54, 1.807) is 0 Å². The molecule has 1 heterocycles. The van der Waals surface area contributed by atoms with Crippen LogP contribution in [0.2, 0.25) is 0 Å². The fourth-order valence-electron chi connectivity index (χ4n) is 1.97. The molecule has 1 aromatic heterocycles. The normalized spacial score (nSPS) is 12.6. The van der Waals surface area contributed by atoms with Crippen molar-refractivity contribution < 1.29 is 8.42 Å². The smallest absolute Gasteiger partial charge is 0.243 e. The number of nitrogens with one attached hydrogen (secondary N) is 1.